The number of alkyl halides is 1. The van der Waals surface area contributed by atoms with E-state index in [1.807, 2.05) is 45.0 Å². The number of carbonyl (C=O) groups is 1. The van der Waals surface area contributed by atoms with Crippen molar-refractivity contribution in [3.63, 3.8) is 0 Å². The van der Waals surface area contributed by atoms with Crippen molar-refractivity contribution in [3.8, 4) is 0 Å². The molecule has 0 saturated carbocycles. The summed E-state index contributed by atoms with van der Waals surface area (Å²) in [6, 6.07) is 7.79. The number of nitrogens with zero attached hydrogens (tertiary/aromatic N) is 3. The van der Waals surface area contributed by atoms with Crippen molar-refractivity contribution in [1.29, 1.82) is 0 Å². The van der Waals surface area contributed by atoms with E-state index in [9.17, 15) is 4.79 Å². The maximum Gasteiger partial charge on any atom is 0.245 e. The Kier molecular flexibility index (Phi) is 5.31. The molecule has 112 valence electrons. The Labute approximate surface area is 134 Å². The maximum atomic E-state index is 12.6. The van der Waals surface area contributed by atoms with Crippen LogP contribution in [0.15, 0.2) is 24.3 Å². The highest BCUT2D eigenvalue weighted by atomic mass is 35.5. The first-order valence-corrected chi connectivity index (χ1v) is 8.00. The average Bonchev–Trinajstić information content (AvgIpc) is 2.89. The number of aromatic nitrogens is 2. The van der Waals surface area contributed by atoms with E-state index in [-0.39, 0.29) is 5.91 Å². The van der Waals surface area contributed by atoms with Crippen molar-refractivity contribution in [2.75, 3.05) is 4.90 Å². The first-order valence-electron chi connectivity index (χ1n) is 6.83. The number of hydrogen-bond donors (Lipinski definition) is 0. The first-order chi connectivity index (χ1) is 10.0. The minimum atomic E-state index is -0.531. The van der Waals surface area contributed by atoms with Gasteiger partial charge < -0.3 is 4.90 Å². The molecule has 6 heteroatoms. The molecule has 0 saturated heterocycles. The van der Waals surface area contributed by atoms with Crippen LogP contribution in [0.1, 0.15) is 30.3 Å². The molecule has 1 aromatic carbocycles. The van der Waals surface area contributed by atoms with E-state index < -0.39 is 5.38 Å². The van der Waals surface area contributed by atoms with E-state index in [4.69, 9.17) is 11.6 Å². The van der Waals surface area contributed by atoms with Gasteiger partial charge in [0, 0.05) is 5.69 Å². The standard InChI is InChI=1S/C15H18ClN3OS/c1-4-12(16)15(20)19(9-13-11(3)17-21-18-13)14-8-6-5-7-10(14)2/h5-8,12H,4,9H2,1-3H3. The zero-order chi connectivity index (χ0) is 15.4. The van der Waals surface area contributed by atoms with Crippen LogP contribution in [-0.2, 0) is 11.3 Å². The van der Waals surface area contributed by atoms with E-state index in [0.717, 1.165) is 34.4 Å². The van der Waals surface area contributed by atoms with E-state index in [1.165, 1.54) is 0 Å². The van der Waals surface area contributed by atoms with Gasteiger partial charge in [-0.05, 0) is 31.9 Å². The molecule has 1 heterocycles. The topological polar surface area (TPSA) is 46.1 Å². The number of para-hydroxylation sites is 1. The van der Waals surface area contributed by atoms with Gasteiger partial charge in [-0.15, -0.1) is 11.6 Å². The molecule has 0 N–H and O–H groups in total. The molecule has 0 radical (unpaired) electrons. The summed E-state index contributed by atoms with van der Waals surface area (Å²) in [5, 5.41) is -0.531. The maximum absolute atomic E-state index is 12.6. The molecule has 0 spiro atoms. The molecule has 4 nitrogen and oxygen atoms in total. The number of carbonyl (C=O) groups excluding carboxylic acids is 1. The molecule has 1 aromatic heterocycles. The number of benzene rings is 1. The van der Waals surface area contributed by atoms with Crippen molar-refractivity contribution in [3.05, 3.63) is 41.2 Å². The lowest BCUT2D eigenvalue weighted by atomic mass is 10.1. The second-order valence-electron chi connectivity index (χ2n) is 4.88. The molecule has 1 atom stereocenters. The van der Waals surface area contributed by atoms with Gasteiger partial charge in [0.05, 0.1) is 29.7 Å². The molecular formula is C15H18ClN3OS. The summed E-state index contributed by atoms with van der Waals surface area (Å²) in [5.41, 5.74) is 3.58. The van der Waals surface area contributed by atoms with Crippen LogP contribution in [0, 0.1) is 13.8 Å². The van der Waals surface area contributed by atoms with Crippen molar-refractivity contribution in [2.45, 2.75) is 39.1 Å². The molecule has 1 unspecified atom stereocenters. The fraction of sp³-hybridized carbons (Fsp3) is 0.400. The SMILES string of the molecule is CCC(Cl)C(=O)N(Cc1nsnc1C)c1ccccc1C. The highest BCUT2D eigenvalue weighted by Gasteiger charge is 2.25. The molecule has 2 rings (SSSR count). The third-order valence-electron chi connectivity index (χ3n) is 3.35. The number of hydrogen-bond acceptors (Lipinski definition) is 4. The fourth-order valence-corrected chi connectivity index (χ4v) is 2.71. The molecule has 0 aliphatic rings. The van der Waals surface area contributed by atoms with Gasteiger partial charge in [-0.25, -0.2) is 0 Å². The van der Waals surface area contributed by atoms with E-state index in [1.54, 1.807) is 4.90 Å². The van der Waals surface area contributed by atoms with Gasteiger partial charge in [0.25, 0.3) is 0 Å². The highest BCUT2D eigenvalue weighted by Crippen LogP contribution is 2.24. The van der Waals surface area contributed by atoms with Crippen molar-refractivity contribution in [1.82, 2.24) is 8.75 Å². The average molecular weight is 324 g/mol. The largest absolute Gasteiger partial charge is 0.305 e. The van der Waals surface area contributed by atoms with Crippen LogP contribution in [0.4, 0.5) is 5.69 Å². The molecule has 0 aliphatic carbocycles. The Morgan fingerprint density at radius 1 is 1.33 bits per heavy atom. The molecular weight excluding hydrogens is 306 g/mol. The second kappa shape index (κ2) is 7.00. The Morgan fingerprint density at radius 2 is 2.05 bits per heavy atom. The van der Waals surface area contributed by atoms with E-state index >= 15 is 0 Å². The predicted molar refractivity (Wildman–Crippen MR) is 86.9 cm³/mol. The van der Waals surface area contributed by atoms with Gasteiger partial charge in [0.1, 0.15) is 5.38 Å². The number of anilines is 1. The van der Waals surface area contributed by atoms with Gasteiger partial charge in [0.2, 0.25) is 5.91 Å². The van der Waals surface area contributed by atoms with Gasteiger partial charge in [-0.2, -0.15) is 8.75 Å². The summed E-state index contributed by atoms with van der Waals surface area (Å²) in [4.78, 5) is 14.3. The van der Waals surface area contributed by atoms with Gasteiger partial charge in [0.15, 0.2) is 0 Å². The normalized spacial score (nSPS) is 12.2. The lowest BCUT2D eigenvalue weighted by molar-refractivity contribution is -0.118. The first kappa shape index (κ1) is 15.9. The lowest BCUT2D eigenvalue weighted by Crippen LogP contribution is -2.37. The molecule has 0 aliphatic heterocycles. The van der Waals surface area contributed by atoms with Gasteiger partial charge >= 0.3 is 0 Å². The van der Waals surface area contributed by atoms with Crippen molar-refractivity contribution in [2.24, 2.45) is 0 Å². The van der Waals surface area contributed by atoms with E-state index in [2.05, 4.69) is 8.75 Å². The van der Waals surface area contributed by atoms with Crippen molar-refractivity contribution >= 4 is 34.9 Å². The van der Waals surface area contributed by atoms with Crippen molar-refractivity contribution < 1.29 is 4.79 Å². The summed E-state index contributed by atoms with van der Waals surface area (Å²) in [7, 11) is 0. The molecule has 0 fully saturated rings. The minimum Gasteiger partial charge on any atom is -0.305 e. The molecule has 21 heavy (non-hydrogen) atoms. The quantitative estimate of drug-likeness (QED) is 0.788. The summed E-state index contributed by atoms with van der Waals surface area (Å²) in [6.45, 7) is 6.19. The summed E-state index contributed by atoms with van der Waals surface area (Å²) in [5.74, 6) is -0.0964. The zero-order valence-electron chi connectivity index (χ0n) is 12.3. The lowest BCUT2D eigenvalue weighted by Gasteiger charge is -2.25. The summed E-state index contributed by atoms with van der Waals surface area (Å²) >= 11 is 7.33. The Balaban J connectivity index is 2.37. The second-order valence-corrected chi connectivity index (χ2v) is 5.94. The Bertz CT molecular complexity index is 629. The van der Waals surface area contributed by atoms with Crippen LogP contribution in [0.25, 0.3) is 0 Å². The Morgan fingerprint density at radius 3 is 2.62 bits per heavy atom. The number of rotatable bonds is 5. The summed E-state index contributed by atoms with van der Waals surface area (Å²) in [6.07, 6.45) is 0.594. The summed E-state index contributed by atoms with van der Waals surface area (Å²) < 4.78 is 8.44. The van der Waals surface area contributed by atoms with Crippen LogP contribution >= 0.6 is 23.3 Å². The third-order valence-corrected chi connectivity index (χ3v) is 4.51. The predicted octanol–water partition coefficient (Wildman–Crippen LogP) is 3.71. The third kappa shape index (κ3) is 3.60. The van der Waals surface area contributed by atoms with Gasteiger partial charge in [-0.1, -0.05) is 25.1 Å². The smallest absolute Gasteiger partial charge is 0.245 e. The van der Waals surface area contributed by atoms with Crippen LogP contribution < -0.4 is 4.90 Å². The number of amides is 1. The van der Waals surface area contributed by atoms with Crippen LogP contribution in [-0.4, -0.2) is 20.0 Å². The fourth-order valence-electron chi connectivity index (χ4n) is 2.03. The minimum absolute atomic E-state index is 0.0964. The van der Waals surface area contributed by atoms with E-state index in [0.29, 0.717) is 13.0 Å². The monoisotopic (exact) mass is 323 g/mol. The van der Waals surface area contributed by atoms with Crippen LogP contribution in [0.5, 0.6) is 0 Å². The number of aryl methyl sites for hydroxylation is 2. The molecule has 0 bridgehead atoms. The van der Waals surface area contributed by atoms with Gasteiger partial charge in [-0.3, -0.25) is 4.79 Å². The Hall–Kier alpha value is -1.46. The number of halogens is 1. The highest BCUT2D eigenvalue weighted by molar-refractivity contribution is 6.99. The van der Waals surface area contributed by atoms with Crippen LogP contribution in [0.2, 0.25) is 0 Å². The van der Waals surface area contributed by atoms with Crippen LogP contribution in [0.3, 0.4) is 0 Å². The molecule has 2 aromatic rings. The molecule has 1 amide bonds. The zero-order valence-corrected chi connectivity index (χ0v) is 13.9.